The average molecular weight is 219 g/mol. The van der Waals surface area contributed by atoms with Crippen molar-refractivity contribution in [1.29, 1.82) is 5.26 Å². The summed E-state index contributed by atoms with van der Waals surface area (Å²) in [7, 11) is 0. The molecule has 16 heavy (non-hydrogen) atoms. The minimum atomic E-state index is -1.17. The van der Waals surface area contributed by atoms with E-state index >= 15 is 0 Å². The molecule has 0 saturated carbocycles. The minimum absolute atomic E-state index is 0.280. The van der Waals surface area contributed by atoms with E-state index in [-0.39, 0.29) is 6.61 Å². The molecule has 1 N–H and O–H groups in total. The molecule has 0 aliphatic heterocycles. The fraction of sp³-hybridized carbons (Fsp3) is 0.182. The molecule has 1 rings (SSSR count). The van der Waals surface area contributed by atoms with Gasteiger partial charge in [-0.3, -0.25) is 9.59 Å². The van der Waals surface area contributed by atoms with Gasteiger partial charge in [-0.25, -0.2) is 0 Å². The molecule has 0 atom stereocenters. The van der Waals surface area contributed by atoms with E-state index in [1.54, 1.807) is 24.3 Å². The lowest BCUT2D eigenvalue weighted by atomic mass is 10.2. The Bertz CT molecular complexity index is 430. The smallest absolute Gasteiger partial charge is 0.311 e. The lowest BCUT2D eigenvalue weighted by Crippen LogP contribution is -2.15. The minimum Gasteiger partial charge on any atom is -0.486 e. The van der Waals surface area contributed by atoms with Crippen molar-refractivity contribution in [2.45, 2.75) is 6.42 Å². The van der Waals surface area contributed by atoms with Crippen LogP contribution in [-0.4, -0.2) is 23.5 Å². The largest absolute Gasteiger partial charge is 0.486 e. The van der Waals surface area contributed by atoms with E-state index in [0.29, 0.717) is 11.3 Å². The van der Waals surface area contributed by atoms with Crippen LogP contribution in [0.15, 0.2) is 24.3 Å². The van der Waals surface area contributed by atoms with E-state index in [0.717, 1.165) is 0 Å². The van der Waals surface area contributed by atoms with Crippen LogP contribution in [0, 0.1) is 11.3 Å². The Hall–Kier alpha value is -2.35. The second-order valence-corrected chi connectivity index (χ2v) is 3.03. The fourth-order valence-corrected chi connectivity index (χ4v) is 1.01. The third-order valence-electron chi connectivity index (χ3n) is 1.73. The number of hydrogen-bond donors (Lipinski definition) is 1. The van der Waals surface area contributed by atoms with Gasteiger partial charge in [-0.15, -0.1) is 0 Å². The van der Waals surface area contributed by atoms with E-state index in [4.69, 9.17) is 15.1 Å². The van der Waals surface area contributed by atoms with E-state index in [2.05, 4.69) is 0 Å². The van der Waals surface area contributed by atoms with Crippen LogP contribution in [0.25, 0.3) is 0 Å². The lowest BCUT2D eigenvalue weighted by Gasteiger charge is -2.03. The number of carboxylic acid groups (broad SMARTS) is 1. The maximum atomic E-state index is 11.0. The summed E-state index contributed by atoms with van der Waals surface area (Å²) < 4.78 is 5.05. The summed E-state index contributed by atoms with van der Waals surface area (Å²) in [6, 6.07) is 8.15. The molecule has 0 bridgehead atoms. The number of nitriles is 1. The number of ether oxygens (including phenoxy) is 1. The number of nitrogens with zero attached hydrogens (tertiary/aromatic N) is 1. The molecular formula is C11H9NO4. The molecule has 0 aliphatic carbocycles. The van der Waals surface area contributed by atoms with Crippen LogP contribution in [0.1, 0.15) is 12.0 Å². The van der Waals surface area contributed by atoms with Gasteiger partial charge in [0, 0.05) is 0 Å². The Labute approximate surface area is 91.9 Å². The number of ketones is 1. The summed E-state index contributed by atoms with van der Waals surface area (Å²) in [4.78, 5) is 21.2. The first-order valence-corrected chi connectivity index (χ1v) is 4.48. The molecule has 0 amide bonds. The molecule has 0 aromatic heterocycles. The van der Waals surface area contributed by atoms with Crippen LogP contribution in [0.2, 0.25) is 0 Å². The fourth-order valence-electron chi connectivity index (χ4n) is 1.01. The van der Waals surface area contributed by atoms with Gasteiger partial charge in [-0.05, 0) is 24.3 Å². The second-order valence-electron chi connectivity index (χ2n) is 3.03. The molecule has 0 unspecified atom stereocenters. The third-order valence-corrected chi connectivity index (χ3v) is 1.73. The Morgan fingerprint density at radius 1 is 1.31 bits per heavy atom. The van der Waals surface area contributed by atoms with Crippen LogP contribution < -0.4 is 4.74 Å². The van der Waals surface area contributed by atoms with E-state index in [9.17, 15) is 9.59 Å². The van der Waals surface area contributed by atoms with E-state index in [1.165, 1.54) is 0 Å². The van der Waals surface area contributed by atoms with Crippen molar-refractivity contribution >= 4 is 11.8 Å². The van der Waals surface area contributed by atoms with Crippen LogP contribution in [0.5, 0.6) is 5.75 Å². The van der Waals surface area contributed by atoms with Crippen molar-refractivity contribution in [1.82, 2.24) is 0 Å². The lowest BCUT2D eigenvalue weighted by molar-refractivity contribution is -0.140. The molecule has 0 fully saturated rings. The monoisotopic (exact) mass is 219 g/mol. The molecule has 0 heterocycles. The summed E-state index contributed by atoms with van der Waals surface area (Å²) in [5.41, 5.74) is 0.490. The summed E-state index contributed by atoms with van der Waals surface area (Å²) >= 11 is 0. The first-order valence-electron chi connectivity index (χ1n) is 4.48. The summed E-state index contributed by atoms with van der Waals surface area (Å²) in [6.45, 7) is -0.280. The van der Waals surface area contributed by atoms with Crippen LogP contribution in [0.3, 0.4) is 0 Å². The maximum Gasteiger partial charge on any atom is 0.311 e. The highest BCUT2D eigenvalue weighted by Crippen LogP contribution is 2.11. The predicted molar refractivity (Wildman–Crippen MR) is 53.9 cm³/mol. The zero-order valence-electron chi connectivity index (χ0n) is 8.34. The van der Waals surface area contributed by atoms with E-state index < -0.39 is 18.2 Å². The number of carbonyl (C=O) groups excluding carboxylic acids is 1. The number of rotatable bonds is 5. The first kappa shape index (κ1) is 11.7. The third kappa shape index (κ3) is 3.80. The SMILES string of the molecule is N#Cc1ccc(OCC(=O)CC(=O)O)cc1. The van der Waals surface area contributed by atoms with Gasteiger partial charge in [0.15, 0.2) is 5.78 Å². The molecule has 82 valence electrons. The van der Waals surface area contributed by atoms with Crippen molar-refractivity contribution in [3.05, 3.63) is 29.8 Å². The molecule has 1 aromatic carbocycles. The number of Topliss-reactive ketones (excluding diaryl/α,β-unsaturated/α-hetero) is 1. The summed E-state index contributed by atoms with van der Waals surface area (Å²) in [5.74, 6) is -1.25. The Morgan fingerprint density at radius 3 is 2.44 bits per heavy atom. The number of carboxylic acids is 1. The van der Waals surface area contributed by atoms with Crippen molar-refractivity contribution in [3.63, 3.8) is 0 Å². The predicted octanol–water partition coefficient (Wildman–Crippen LogP) is 0.981. The molecule has 0 saturated heterocycles. The van der Waals surface area contributed by atoms with Gasteiger partial charge >= 0.3 is 5.97 Å². The van der Waals surface area contributed by atoms with Crippen LogP contribution >= 0.6 is 0 Å². The Kier molecular flexibility index (Phi) is 4.04. The molecule has 5 nitrogen and oxygen atoms in total. The van der Waals surface area contributed by atoms with Crippen molar-refractivity contribution in [3.8, 4) is 11.8 Å². The highest BCUT2D eigenvalue weighted by Gasteiger charge is 2.08. The van der Waals surface area contributed by atoms with Gasteiger partial charge < -0.3 is 9.84 Å². The Balaban J connectivity index is 2.46. The summed E-state index contributed by atoms with van der Waals surface area (Å²) in [6.07, 6.45) is -0.545. The van der Waals surface area contributed by atoms with Crippen LogP contribution in [0.4, 0.5) is 0 Å². The zero-order valence-corrected chi connectivity index (χ0v) is 8.34. The molecule has 1 aromatic rings. The average Bonchev–Trinajstić information content (AvgIpc) is 2.26. The van der Waals surface area contributed by atoms with Gasteiger partial charge in [-0.2, -0.15) is 5.26 Å². The van der Waals surface area contributed by atoms with Crippen molar-refractivity contribution < 1.29 is 19.4 Å². The Morgan fingerprint density at radius 2 is 1.94 bits per heavy atom. The van der Waals surface area contributed by atoms with Crippen molar-refractivity contribution in [2.24, 2.45) is 0 Å². The molecule has 5 heteroatoms. The first-order chi connectivity index (χ1) is 7.61. The molecule has 0 spiro atoms. The number of aliphatic carboxylic acids is 1. The topological polar surface area (TPSA) is 87.4 Å². The maximum absolute atomic E-state index is 11.0. The quantitative estimate of drug-likeness (QED) is 0.746. The van der Waals surface area contributed by atoms with Crippen LogP contribution in [-0.2, 0) is 9.59 Å². The van der Waals surface area contributed by atoms with Gasteiger partial charge in [0.05, 0.1) is 11.6 Å². The van der Waals surface area contributed by atoms with E-state index in [1.807, 2.05) is 6.07 Å². The molecular weight excluding hydrogens is 210 g/mol. The normalized spacial score (nSPS) is 9.19. The standard InChI is InChI=1S/C11H9NO4/c12-6-8-1-3-10(4-2-8)16-7-9(13)5-11(14)15/h1-4H,5,7H2,(H,14,15). The van der Waals surface area contributed by atoms with Gasteiger partial charge in [0.1, 0.15) is 18.8 Å². The highest BCUT2D eigenvalue weighted by atomic mass is 16.5. The van der Waals surface area contributed by atoms with Gasteiger partial charge in [-0.1, -0.05) is 0 Å². The molecule has 0 radical (unpaired) electrons. The van der Waals surface area contributed by atoms with Gasteiger partial charge in [0.25, 0.3) is 0 Å². The number of benzene rings is 1. The highest BCUT2D eigenvalue weighted by molar-refractivity contribution is 5.95. The van der Waals surface area contributed by atoms with Gasteiger partial charge in [0.2, 0.25) is 0 Å². The second kappa shape index (κ2) is 5.51. The van der Waals surface area contributed by atoms with Crippen molar-refractivity contribution in [2.75, 3.05) is 6.61 Å². The number of carbonyl (C=O) groups is 2. The summed E-state index contributed by atoms with van der Waals surface area (Å²) in [5, 5.41) is 16.9. The number of hydrogen-bond acceptors (Lipinski definition) is 4. The molecule has 0 aliphatic rings. The zero-order chi connectivity index (χ0) is 12.0.